The van der Waals surface area contributed by atoms with Crippen molar-refractivity contribution in [2.75, 3.05) is 23.3 Å². The van der Waals surface area contributed by atoms with E-state index in [2.05, 4.69) is 5.32 Å². The fourth-order valence-corrected chi connectivity index (χ4v) is 3.80. The lowest BCUT2D eigenvalue weighted by atomic mass is 10.2. The molecule has 10 heteroatoms. The summed E-state index contributed by atoms with van der Waals surface area (Å²) in [6.07, 6.45) is 0.645. The Balaban J connectivity index is 1.82. The van der Waals surface area contributed by atoms with E-state index in [0.717, 1.165) is 17.7 Å². The molecule has 1 aliphatic heterocycles. The molecule has 0 bridgehead atoms. The number of alkyl halides is 3. The van der Waals surface area contributed by atoms with E-state index in [1.807, 2.05) is 12.1 Å². The van der Waals surface area contributed by atoms with E-state index >= 15 is 0 Å². The van der Waals surface area contributed by atoms with Crippen molar-refractivity contribution in [3.63, 3.8) is 0 Å². The van der Waals surface area contributed by atoms with Crippen LogP contribution in [0.4, 0.5) is 28.9 Å². The first kappa shape index (κ1) is 19.2. The second kappa shape index (κ2) is 6.84. The van der Waals surface area contributed by atoms with E-state index in [-0.39, 0.29) is 6.07 Å². The molecule has 1 heterocycles. The summed E-state index contributed by atoms with van der Waals surface area (Å²) in [5.41, 5.74) is -4.41. The molecule has 27 heavy (non-hydrogen) atoms. The Morgan fingerprint density at radius 1 is 1.15 bits per heavy atom. The number of carbonyl (C=O) groups is 1. The minimum absolute atomic E-state index is 0.279. The summed E-state index contributed by atoms with van der Waals surface area (Å²) in [5, 5.41) is 2.39. The second-order valence-electron chi connectivity index (χ2n) is 5.87. The van der Waals surface area contributed by atoms with Crippen LogP contribution < -0.4 is 10.2 Å². The van der Waals surface area contributed by atoms with Crippen molar-refractivity contribution in [3.05, 3.63) is 53.8 Å². The average molecular weight is 402 g/mol. The van der Waals surface area contributed by atoms with Gasteiger partial charge in [0.05, 0.1) is 12.2 Å². The molecule has 1 amide bonds. The number of hydrogen-bond donors (Lipinski definition) is 1. The van der Waals surface area contributed by atoms with E-state index < -0.39 is 44.2 Å². The molecule has 0 spiro atoms. The van der Waals surface area contributed by atoms with E-state index in [0.29, 0.717) is 18.7 Å². The number of rotatable bonds is 4. The summed E-state index contributed by atoms with van der Waals surface area (Å²) >= 11 is 0. The van der Waals surface area contributed by atoms with Crippen LogP contribution in [0, 0.1) is 5.82 Å². The first-order chi connectivity index (χ1) is 12.6. The molecule has 2 aromatic rings. The minimum atomic E-state index is -5.77. The van der Waals surface area contributed by atoms with Crippen LogP contribution in [0.2, 0.25) is 0 Å². The summed E-state index contributed by atoms with van der Waals surface area (Å²) in [4.78, 5) is 12.6. The van der Waals surface area contributed by atoms with Crippen LogP contribution >= 0.6 is 0 Å². The lowest BCUT2D eigenvalue weighted by Gasteiger charge is -2.19. The maximum atomic E-state index is 13.3. The van der Waals surface area contributed by atoms with Gasteiger partial charge >= 0.3 is 5.51 Å². The minimum Gasteiger partial charge on any atom is -0.375 e. The van der Waals surface area contributed by atoms with Gasteiger partial charge in [-0.05, 0) is 36.2 Å². The number of amides is 1. The molecular formula is C17H14F4N2O3S. The van der Waals surface area contributed by atoms with E-state index in [1.165, 1.54) is 4.90 Å². The predicted octanol–water partition coefficient (Wildman–Crippen LogP) is 3.12. The molecule has 3 rings (SSSR count). The molecule has 0 saturated heterocycles. The highest BCUT2D eigenvalue weighted by Crippen LogP contribution is 2.35. The van der Waals surface area contributed by atoms with Crippen LogP contribution in [0.5, 0.6) is 0 Å². The number of benzene rings is 2. The highest BCUT2D eigenvalue weighted by Gasteiger charge is 2.48. The SMILES string of the molecule is O=C(CNc1ccc(F)cc1S(=O)(=O)C(F)(F)F)N1CCc2ccccc21. The topological polar surface area (TPSA) is 66.5 Å². The predicted molar refractivity (Wildman–Crippen MR) is 90.6 cm³/mol. The van der Waals surface area contributed by atoms with Gasteiger partial charge in [-0.2, -0.15) is 13.2 Å². The number of nitrogens with zero attached hydrogens (tertiary/aromatic N) is 1. The maximum Gasteiger partial charge on any atom is 0.501 e. The van der Waals surface area contributed by atoms with Gasteiger partial charge in [0, 0.05) is 12.2 Å². The molecule has 5 nitrogen and oxygen atoms in total. The zero-order valence-electron chi connectivity index (χ0n) is 13.8. The Kier molecular flexibility index (Phi) is 4.85. The number of carbonyl (C=O) groups excluding carboxylic acids is 1. The molecule has 1 aliphatic rings. The van der Waals surface area contributed by atoms with Crippen LogP contribution in [0.15, 0.2) is 47.4 Å². The highest BCUT2D eigenvalue weighted by atomic mass is 32.2. The standard InChI is InChI=1S/C17H14F4N2O3S/c18-12-5-6-13(15(9-12)27(25,26)17(19,20)21)22-10-16(24)23-8-7-11-3-1-2-4-14(11)23/h1-6,9,22H,7-8,10H2. The van der Waals surface area contributed by atoms with Crippen LogP contribution in [-0.2, 0) is 21.1 Å². The number of anilines is 2. The molecule has 1 N–H and O–H groups in total. The summed E-state index contributed by atoms with van der Waals surface area (Å²) < 4.78 is 75.2. The molecule has 0 atom stereocenters. The van der Waals surface area contributed by atoms with Gasteiger partial charge in [-0.3, -0.25) is 4.79 Å². The smallest absolute Gasteiger partial charge is 0.375 e. The highest BCUT2D eigenvalue weighted by molar-refractivity contribution is 7.92. The van der Waals surface area contributed by atoms with Crippen molar-refractivity contribution >= 4 is 27.1 Å². The fraction of sp³-hybridized carbons (Fsp3) is 0.235. The number of fused-ring (bicyclic) bond motifs is 1. The fourth-order valence-electron chi connectivity index (χ4n) is 2.85. The van der Waals surface area contributed by atoms with Crippen LogP contribution in [0.3, 0.4) is 0 Å². The van der Waals surface area contributed by atoms with Crippen molar-refractivity contribution in [1.29, 1.82) is 0 Å². The van der Waals surface area contributed by atoms with Crippen molar-refractivity contribution in [2.45, 2.75) is 16.8 Å². The molecule has 0 aromatic heterocycles. The molecule has 0 radical (unpaired) electrons. The van der Waals surface area contributed by atoms with Gasteiger partial charge in [0.1, 0.15) is 10.7 Å². The third-order valence-electron chi connectivity index (χ3n) is 4.16. The van der Waals surface area contributed by atoms with E-state index in [1.54, 1.807) is 12.1 Å². The Bertz CT molecular complexity index is 990. The normalized spacial score (nSPS) is 14.1. The molecule has 144 valence electrons. The van der Waals surface area contributed by atoms with Crippen LogP contribution in [0.25, 0.3) is 0 Å². The van der Waals surface area contributed by atoms with Gasteiger partial charge in [0.25, 0.3) is 9.84 Å². The zero-order valence-corrected chi connectivity index (χ0v) is 14.6. The summed E-state index contributed by atoms with van der Waals surface area (Å²) in [6.45, 7) is -0.0304. The molecule has 0 saturated carbocycles. The van der Waals surface area contributed by atoms with Crippen LogP contribution in [0.1, 0.15) is 5.56 Å². The van der Waals surface area contributed by atoms with Gasteiger partial charge in [-0.25, -0.2) is 12.8 Å². The van der Waals surface area contributed by atoms with Gasteiger partial charge < -0.3 is 10.2 Å². The van der Waals surface area contributed by atoms with Gasteiger partial charge in [0.2, 0.25) is 5.91 Å². The van der Waals surface area contributed by atoms with Crippen molar-refractivity contribution < 1.29 is 30.8 Å². The van der Waals surface area contributed by atoms with Crippen molar-refractivity contribution in [2.24, 2.45) is 0 Å². The van der Waals surface area contributed by atoms with Crippen molar-refractivity contribution in [1.82, 2.24) is 0 Å². The Labute approximate surface area is 152 Å². The Morgan fingerprint density at radius 2 is 1.85 bits per heavy atom. The summed E-state index contributed by atoms with van der Waals surface area (Å²) in [6, 6.07) is 9.15. The number of para-hydroxylation sites is 1. The summed E-state index contributed by atoms with van der Waals surface area (Å²) in [5.74, 6) is -1.58. The van der Waals surface area contributed by atoms with Crippen molar-refractivity contribution in [3.8, 4) is 0 Å². The quantitative estimate of drug-likeness (QED) is 0.799. The lowest BCUT2D eigenvalue weighted by molar-refractivity contribution is -0.116. The number of nitrogens with one attached hydrogen (secondary N) is 1. The number of sulfone groups is 1. The van der Waals surface area contributed by atoms with Gasteiger partial charge in [0.15, 0.2) is 0 Å². The molecule has 0 fully saturated rings. The Morgan fingerprint density at radius 3 is 2.56 bits per heavy atom. The lowest BCUT2D eigenvalue weighted by Crippen LogP contribution is -2.34. The third-order valence-corrected chi connectivity index (χ3v) is 5.68. The Hall–Kier alpha value is -2.62. The van der Waals surface area contributed by atoms with Gasteiger partial charge in [-0.1, -0.05) is 18.2 Å². The van der Waals surface area contributed by atoms with E-state index in [9.17, 15) is 30.8 Å². The maximum absolute atomic E-state index is 13.3. The first-order valence-electron chi connectivity index (χ1n) is 7.84. The third kappa shape index (κ3) is 3.61. The average Bonchev–Trinajstić information content (AvgIpc) is 3.03. The largest absolute Gasteiger partial charge is 0.501 e. The second-order valence-corrected chi connectivity index (χ2v) is 7.78. The molecule has 2 aromatic carbocycles. The molecular weight excluding hydrogens is 388 g/mol. The van der Waals surface area contributed by atoms with Gasteiger partial charge in [-0.15, -0.1) is 0 Å². The first-order valence-corrected chi connectivity index (χ1v) is 9.32. The zero-order chi connectivity index (χ0) is 19.8. The number of hydrogen-bond acceptors (Lipinski definition) is 4. The molecule has 0 unspecified atom stereocenters. The molecule has 0 aliphatic carbocycles. The van der Waals surface area contributed by atoms with Crippen LogP contribution in [-0.4, -0.2) is 32.9 Å². The van der Waals surface area contributed by atoms with E-state index in [4.69, 9.17) is 0 Å². The summed E-state index contributed by atoms with van der Waals surface area (Å²) in [7, 11) is -5.77. The number of halogens is 4. The monoisotopic (exact) mass is 402 g/mol.